The van der Waals surface area contributed by atoms with Crippen molar-refractivity contribution in [3.05, 3.63) is 71.3 Å². The zero-order chi connectivity index (χ0) is 14.7. The zero-order valence-corrected chi connectivity index (χ0v) is 12.6. The molecule has 0 aromatic heterocycles. The van der Waals surface area contributed by atoms with Gasteiger partial charge < -0.3 is 0 Å². The summed E-state index contributed by atoms with van der Waals surface area (Å²) >= 11 is 0. The summed E-state index contributed by atoms with van der Waals surface area (Å²) in [6.45, 7) is 2.09. The number of ketones is 1. The van der Waals surface area contributed by atoms with Crippen molar-refractivity contribution < 1.29 is 4.79 Å². The Hall–Kier alpha value is -1.89. The molecule has 1 fully saturated rings. The number of hydrogen-bond donors (Lipinski definition) is 0. The molecule has 2 aromatic rings. The van der Waals surface area contributed by atoms with Gasteiger partial charge in [-0.1, -0.05) is 67.4 Å². The standard InChI is InChI=1S/C20H22O/c1-16-9-5-6-10-17(16)15-19(21)20(13-7-8-14-20)18-11-3-2-4-12-18/h2-6,9-12H,7-8,13-15H2,1H3. The van der Waals surface area contributed by atoms with E-state index in [2.05, 4.69) is 43.3 Å². The fourth-order valence-corrected chi connectivity index (χ4v) is 3.61. The summed E-state index contributed by atoms with van der Waals surface area (Å²) in [5, 5.41) is 0. The van der Waals surface area contributed by atoms with Crippen LogP contribution in [-0.4, -0.2) is 5.78 Å². The van der Waals surface area contributed by atoms with Gasteiger partial charge in [0.1, 0.15) is 5.78 Å². The first kappa shape index (κ1) is 14.1. The fourth-order valence-electron chi connectivity index (χ4n) is 3.61. The number of carbonyl (C=O) groups excluding carboxylic acids is 1. The third kappa shape index (κ3) is 2.65. The summed E-state index contributed by atoms with van der Waals surface area (Å²) in [4.78, 5) is 13.1. The number of carbonyl (C=O) groups is 1. The Labute approximate surface area is 127 Å². The fraction of sp³-hybridized carbons (Fsp3) is 0.350. The molecule has 1 saturated carbocycles. The predicted octanol–water partition coefficient (Wildman–Crippen LogP) is 4.62. The number of hydrogen-bond acceptors (Lipinski definition) is 1. The predicted molar refractivity (Wildman–Crippen MR) is 86.5 cm³/mol. The van der Waals surface area contributed by atoms with E-state index in [9.17, 15) is 4.79 Å². The monoisotopic (exact) mass is 278 g/mol. The van der Waals surface area contributed by atoms with Crippen molar-refractivity contribution in [2.45, 2.75) is 44.4 Å². The van der Waals surface area contributed by atoms with E-state index in [4.69, 9.17) is 0 Å². The van der Waals surface area contributed by atoms with Crippen molar-refractivity contribution in [1.82, 2.24) is 0 Å². The van der Waals surface area contributed by atoms with Crippen LogP contribution < -0.4 is 0 Å². The first-order valence-electron chi connectivity index (χ1n) is 7.86. The molecule has 0 spiro atoms. The molecule has 0 bridgehead atoms. The number of benzene rings is 2. The highest BCUT2D eigenvalue weighted by Gasteiger charge is 2.41. The van der Waals surface area contributed by atoms with E-state index in [1.165, 1.54) is 16.7 Å². The van der Waals surface area contributed by atoms with Crippen LogP contribution in [0, 0.1) is 6.92 Å². The molecule has 0 heterocycles. The molecule has 0 amide bonds. The Balaban J connectivity index is 1.92. The largest absolute Gasteiger partial charge is 0.298 e. The molecule has 0 saturated heterocycles. The molecule has 1 aliphatic carbocycles. The third-order valence-electron chi connectivity index (χ3n) is 4.93. The van der Waals surface area contributed by atoms with Crippen LogP contribution in [0.15, 0.2) is 54.6 Å². The Morgan fingerprint density at radius 1 is 0.952 bits per heavy atom. The first-order valence-corrected chi connectivity index (χ1v) is 7.86. The quantitative estimate of drug-likeness (QED) is 0.797. The van der Waals surface area contributed by atoms with Crippen LogP contribution in [0.1, 0.15) is 42.4 Å². The average molecular weight is 278 g/mol. The van der Waals surface area contributed by atoms with E-state index in [0.29, 0.717) is 12.2 Å². The van der Waals surface area contributed by atoms with Gasteiger partial charge in [0.15, 0.2) is 0 Å². The smallest absolute Gasteiger partial charge is 0.147 e. The van der Waals surface area contributed by atoms with Crippen molar-refractivity contribution in [1.29, 1.82) is 0 Å². The summed E-state index contributed by atoms with van der Waals surface area (Å²) < 4.78 is 0. The summed E-state index contributed by atoms with van der Waals surface area (Å²) in [6, 6.07) is 18.6. The highest BCUT2D eigenvalue weighted by atomic mass is 16.1. The molecule has 0 aliphatic heterocycles. The lowest BCUT2D eigenvalue weighted by Crippen LogP contribution is -2.34. The molecule has 0 radical (unpaired) electrons. The average Bonchev–Trinajstić information content (AvgIpc) is 3.01. The molecule has 0 atom stereocenters. The molecule has 21 heavy (non-hydrogen) atoms. The summed E-state index contributed by atoms with van der Waals surface area (Å²) in [6.07, 6.45) is 4.88. The van der Waals surface area contributed by atoms with Gasteiger partial charge in [-0.15, -0.1) is 0 Å². The molecule has 1 heteroatoms. The van der Waals surface area contributed by atoms with Crippen LogP contribution in [-0.2, 0) is 16.6 Å². The normalized spacial score (nSPS) is 16.8. The molecule has 0 N–H and O–H groups in total. The van der Waals surface area contributed by atoms with Gasteiger partial charge in [0, 0.05) is 6.42 Å². The number of Topliss-reactive ketones (excluding diaryl/α,β-unsaturated/α-hetero) is 1. The molecule has 1 nitrogen and oxygen atoms in total. The van der Waals surface area contributed by atoms with Crippen LogP contribution >= 0.6 is 0 Å². The van der Waals surface area contributed by atoms with Crippen LogP contribution in [0.2, 0.25) is 0 Å². The van der Waals surface area contributed by atoms with Gasteiger partial charge in [-0.2, -0.15) is 0 Å². The highest BCUT2D eigenvalue weighted by molar-refractivity contribution is 5.92. The number of aryl methyl sites for hydroxylation is 1. The van der Waals surface area contributed by atoms with Gasteiger partial charge >= 0.3 is 0 Å². The minimum Gasteiger partial charge on any atom is -0.298 e. The van der Waals surface area contributed by atoms with Crippen molar-refractivity contribution in [2.24, 2.45) is 0 Å². The van der Waals surface area contributed by atoms with Crippen LogP contribution in [0.5, 0.6) is 0 Å². The van der Waals surface area contributed by atoms with Gasteiger partial charge in [0.05, 0.1) is 5.41 Å². The Morgan fingerprint density at radius 3 is 2.24 bits per heavy atom. The summed E-state index contributed by atoms with van der Waals surface area (Å²) in [7, 11) is 0. The molecular weight excluding hydrogens is 256 g/mol. The SMILES string of the molecule is Cc1ccccc1CC(=O)C1(c2ccccc2)CCCC1. The van der Waals surface area contributed by atoms with Crippen LogP contribution in [0.4, 0.5) is 0 Å². The zero-order valence-electron chi connectivity index (χ0n) is 12.6. The van der Waals surface area contributed by atoms with Crippen LogP contribution in [0.3, 0.4) is 0 Å². The van der Waals surface area contributed by atoms with E-state index in [-0.39, 0.29) is 5.41 Å². The second-order valence-corrected chi connectivity index (χ2v) is 6.18. The first-order chi connectivity index (χ1) is 10.2. The maximum atomic E-state index is 13.1. The van der Waals surface area contributed by atoms with E-state index in [1.807, 2.05) is 18.2 Å². The molecule has 0 unspecified atom stereocenters. The molecule has 3 rings (SSSR count). The second-order valence-electron chi connectivity index (χ2n) is 6.18. The minimum absolute atomic E-state index is 0.246. The van der Waals surface area contributed by atoms with Gasteiger partial charge in [-0.3, -0.25) is 4.79 Å². The van der Waals surface area contributed by atoms with Crippen LogP contribution in [0.25, 0.3) is 0 Å². The van der Waals surface area contributed by atoms with Crippen molar-refractivity contribution in [3.63, 3.8) is 0 Å². The molecule has 108 valence electrons. The van der Waals surface area contributed by atoms with Gasteiger partial charge in [-0.05, 0) is 36.5 Å². The Bertz CT molecular complexity index is 621. The lowest BCUT2D eigenvalue weighted by atomic mass is 9.73. The second kappa shape index (κ2) is 5.85. The highest BCUT2D eigenvalue weighted by Crippen LogP contribution is 2.42. The third-order valence-corrected chi connectivity index (χ3v) is 4.93. The molecule has 1 aliphatic rings. The van der Waals surface area contributed by atoms with E-state index < -0.39 is 0 Å². The van der Waals surface area contributed by atoms with Gasteiger partial charge in [0.2, 0.25) is 0 Å². The van der Waals surface area contributed by atoms with E-state index in [1.54, 1.807) is 0 Å². The van der Waals surface area contributed by atoms with Gasteiger partial charge in [-0.25, -0.2) is 0 Å². The maximum absolute atomic E-state index is 13.1. The lowest BCUT2D eigenvalue weighted by molar-refractivity contribution is -0.123. The van der Waals surface area contributed by atoms with E-state index in [0.717, 1.165) is 25.7 Å². The summed E-state index contributed by atoms with van der Waals surface area (Å²) in [5.41, 5.74) is 3.35. The van der Waals surface area contributed by atoms with E-state index >= 15 is 0 Å². The topological polar surface area (TPSA) is 17.1 Å². The number of rotatable bonds is 4. The van der Waals surface area contributed by atoms with Crippen molar-refractivity contribution in [2.75, 3.05) is 0 Å². The Kier molecular flexibility index (Phi) is 3.92. The lowest BCUT2D eigenvalue weighted by Gasteiger charge is -2.28. The molecular formula is C20H22O. The van der Waals surface area contributed by atoms with Crippen molar-refractivity contribution in [3.8, 4) is 0 Å². The maximum Gasteiger partial charge on any atom is 0.147 e. The molecule has 2 aromatic carbocycles. The minimum atomic E-state index is -0.246. The Morgan fingerprint density at radius 2 is 1.57 bits per heavy atom. The summed E-state index contributed by atoms with van der Waals surface area (Å²) in [5.74, 6) is 0.389. The van der Waals surface area contributed by atoms with Gasteiger partial charge in [0.25, 0.3) is 0 Å². The van der Waals surface area contributed by atoms with Crippen molar-refractivity contribution >= 4 is 5.78 Å².